The van der Waals surface area contributed by atoms with Crippen LogP contribution in [0.2, 0.25) is 0 Å². The van der Waals surface area contributed by atoms with E-state index in [9.17, 15) is 0 Å². The van der Waals surface area contributed by atoms with E-state index in [2.05, 4.69) is 55.6 Å². The SMILES string of the molecule is CCCNC(C)c1ccc(-c2ccc(OC)cc2)cc1. The van der Waals surface area contributed by atoms with Crippen molar-refractivity contribution in [3.8, 4) is 16.9 Å². The molecule has 20 heavy (non-hydrogen) atoms. The van der Waals surface area contributed by atoms with Crippen LogP contribution in [0.25, 0.3) is 11.1 Å². The lowest BCUT2D eigenvalue weighted by atomic mass is 10.0. The Labute approximate surface area is 121 Å². The first kappa shape index (κ1) is 14.6. The van der Waals surface area contributed by atoms with E-state index in [-0.39, 0.29) is 0 Å². The van der Waals surface area contributed by atoms with E-state index >= 15 is 0 Å². The van der Waals surface area contributed by atoms with Gasteiger partial charge in [-0.15, -0.1) is 0 Å². The highest BCUT2D eigenvalue weighted by molar-refractivity contribution is 5.64. The highest BCUT2D eigenvalue weighted by Crippen LogP contribution is 2.24. The topological polar surface area (TPSA) is 21.3 Å². The lowest BCUT2D eigenvalue weighted by Crippen LogP contribution is -2.19. The number of rotatable bonds is 6. The van der Waals surface area contributed by atoms with E-state index < -0.39 is 0 Å². The van der Waals surface area contributed by atoms with Crippen LogP contribution in [0.3, 0.4) is 0 Å². The molecule has 2 nitrogen and oxygen atoms in total. The Morgan fingerprint density at radius 1 is 0.950 bits per heavy atom. The van der Waals surface area contributed by atoms with E-state index in [1.54, 1.807) is 7.11 Å². The van der Waals surface area contributed by atoms with E-state index in [1.807, 2.05) is 12.1 Å². The Kier molecular flexibility index (Phi) is 5.19. The lowest BCUT2D eigenvalue weighted by molar-refractivity contribution is 0.415. The zero-order valence-electron chi connectivity index (χ0n) is 12.5. The van der Waals surface area contributed by atoms with Gasteiger partial charge in [0.05, 0.1) is 7.11 Å². The molecule has 0 radical (unpaired) electrons. The molecule has 0 aliphatic heterocycles. The molecule has 1 N–H and O–H groups in total. The molecule has 2 aromatic carbocycles. The quantitative estimate of drug-likeness (QED) is 0.838. The van der Waals surface area contributed by atoms with E-state index in [1.165, 1.54) is 16.7 Å². The van der Waals surface area contributed by atoms with Crippen molar-refractivity contribution >= 4 is 0 Å². The zero-order chi connectivity index (χ0) is 14.4. The molecule has 0 aliphatic rings. The molecule has 1 unspecified atom stereocenters. The van der Waals surface area contributed by atoms with Crippen molar-refractivity contribution in [2.75, 3.05) is 13.7 Å². The minimum absolute atomic E-state index is 0.403. The monoisotopic (exact) mass is 269 g/mol. The molecule has 0 aromatic heterocycles. The summed E-state index contributed by atoms with van der Waals surface area (Å²) in [6, 6.07) is 17.3. The first-order valence-corrected chi connectivity index (χ1v) is 7.22. The van der Waals surface area contributed by atoms with Gasteiger partial charge in [-0.25, -0.2) is 0 Å². The van der Waals surface area contributed by atoms with Crippen molar-refractivity contribution in [3.63, 3.8) is 0 Å². The molecule has 2 heteroatoms. The highest BCUT2D eigenvalue weighted by Gasteiger charge is 2.04. The summed E-state index contributed by atoms with van der Waals surface area (Å²) >= 11 is 0. The van der Waals surface area contributed by atoms with Crippen molar-refractivity contribution in [2.24, 2.45) is 0 Å². The second kappa shape index (κ2) is 7.11. The van der Waals surface area contributed by atoms with Gasteiger partial charge in [0.15, 0.2) is 0 Å². The average molecular weight is 269 g/mol. The van der Waals surface area contributed by atoms with Crippen LogP contribution in [0.15, 0.2) is 48.5 Å². The average Bonchev–Trinajstić information content (AvgIpc) is 2.53. The Morgan fingerprint density at radius 3 is 2.00 bits per heavy atom. The normalized spacial score (nSPS) is 12.2. The number of ether oxygens (including phenoxy) is 1. The van der Waals surface area contributed by atoms with Crippen LogP contribution in [0, 0.1) is 0 Å². The minimum atomic E-state index is 0.403. The van der Waals surface area contributed by atoms with Gasteiger partial charge < -0.3 is 10.1 Å². The third-order valence-electron chi connectivity index (χ3n) is 3.53. The van der Waals surface area contributed by atoms with Crippen molar-refractivity contribution in [2.45, 2.75) is 26.3 Å². The highest BCUT2D eigenvalue weighted by atomic mass is 16.5. The Morgan fingerprint density at radius 2 is 1.50 bits per heavy atom. The van der Waals surface area contributed by atoms with Gasteiger partial charge in [0, 0.05) is 6.04 Å². The summed E-state index contributed by atoms with van der Waals surface area (Å²) in [5.41, 5.74) is 3.78. The third-order valence-corrected chi connectivity index (χ3v) is 3.53. The van der Waals surface area contributed by atoms with Gasteiger partial charge in [0.2, 0.25) is 0 Å². The largest absolute Gasteiger partial charge is 0.497 e. The molecule has 0 saturated heterocycles. The van der Waals surface area contributed by atoms with Gasteiger partial charge >= 0.3 is 0 Å². The van der Waals surface area contributed by atoms with Crippen LogP contribution in [-0.4, -0.2) is 13.7 Å². The fraction of sp³-hybridized carbons (Fsp3) is 0.333. The second-order valence-electron chi connectivity index (χ2n) is 5.03. The molecule has 0 fully saturated rings. The number of hydrogen-bond donors (Lipinski definition) is 1. The zero-order valence-corrected chi connectivity index (χ0v) is 12.5. The number of methoxy groups -OCH3 is 1. The maximum Gasteiger partial charge on any atom is 0.118 e. The molecule has 0 spiro atoms. The number of benzene rings is 2. The fourth-order valence-electron chi connectivity index (χ4n) is 2.23. The Bertz CT molecular complexity index is 516. The molecule has 1 atom stereocenters. The van der Waals surface area contributed by atoms with E-state index in [0.717, 1.165) is 18.7 Å². The summed E-state index contributed by atoms with van der Waals surface area (Å²) in [5, 5.41) is 3.51. The maximum absolute atomic E-state index is 5.18. The molecule has 0 bridgehead atoms. The maximum atomic E-state index is 5.18. The number of hydrogen-bond acceptors (Lipinski definition) is 2. The second-order valence-corrected chi connectivity index (χ2v) is 5.03. The summed E-state index contributed by atoms with van der Waals surface area (Å²) in [7, 11) is 1.69. The van der Waals surface area contributed by atoms with E-state index in [0.29, 0.717) is 6.04 Å². The summed E-state index contributed by atoms with van der Waals surface area (Å²) in [5.74, 6) is 0.891. The molecule has 0 amide bonds. The van der Waals surface area contributed by atoms with Gasteiger partial charge in [0.1, 0.15) is 5.75 Å². The first-order chi connectivity index (χ1) is 9.74. The summed E-state index contributed by atoms with van der Waals surface area (Å²) in [4.78, 5) is 0. The summed E-state index contributed by atoms with van der Waals surface area (Å²) in [6.07, 6.45) is 1.16. The lowest BCUT2D eigenvalue weighted by Gasteiger charge is -2.14. The van der Waals surface area contributed by atoms with Crippen LogP contribution in [0.4, 0.5) is 0 Å². The molecule has 2 rings (SSSR count). The molecule has 106 valence electrons. The first-order valence-electron chi connectivity index (χ1n) is 7.22. The van der Waals surface area contributed by atoms with Crippen molar-refractivity contribution in [1.29, 1.82) is 0 Å². The molecule has 0 aliphatic carbocycles. The number of nitrogens with one attached hydrogen (secondary N) is 1. The summed E-state index contributed by atoms with van der Waals surface area (Å²) in [6.45, 7) is 5.45. The van der Waals surface area contributed by atoms with Crippen LogP contribution >= 0.6 is 0 Å². The predicted octanol–water partition coefficient (Wildman–Crippen LogP) is 4.42. The Balaban J connectivity index is 2.10. The molecule has 2 aromatic rings. The fourth-order valence-corrected chi connectivity index (χ4v) is 2.23. The smallest absolute Gasteiger partial charge is 0.118 e. The van der Waals surface area contributed by atoms with Crippen LogP contribution < -0.4 is 10.1 Å². The Hall–Kier alpha value is -1.80. The predicted molar refractivity (Wildman–Crippen MR) is 85.1 cm³/mol. The van der Waals surface area contributed by atoms with Gasteiger partial charge in [-0.05, 0) is 48.7 Å². The van der Waals surface area contributed by atoms with Crippen molar-refractivity contribution in [1.82, 2.24) is 5.32 Å². The van der Waals surface area contributed by atoms with Gasteiger partial charge in [-0.2, -0.15) is 0 Å². The molecule has 0 heterocycles. The minimum Gasteiger partial charge on any atom is -0.497 e. The van der Waals surface area contributed by atoms with Gasteiger partial charge in [-0.3, -0.25) is 0 Å². The third kappa shape index (κ3) is 3.61. The molecular formula is C18H23NO. The summed E-state index contributed by atoms with van der Waals surface area (Å²) < 4.78 is 5.18. The van der Waals surface area contributed by atoms with Crippen LogP contribution in [0.5, 0.6) is 5.75 Å². The molecular weight excluding hydrogens is 246 g/mol. The molecule has 0 saturated carbocycles. The van der Waals surface area contributed by atoms with Crippen LogP contribution in [-0.2, 0) is 0 Å². The van der Waals surface area contributed by atoms with E-state index in [4.69, 9.17) is 4.74 Å². The van der Waals surface area contributed by atoms with Gasteiger partial charge in [-0.1, -0.05) is 43.3 Å². The van der Waals surface area contributed by atoms with Crippen molar-refractivity contribution in [3.05, 3.63) is 54.1 Å². The van der Waals surface area contributed by atoms with Gasteiger partial charge in [0.25, 0.3) is 0 Å². The van der Waals surface area contributed by atoms with Crippen LogP contribution in [0.1, 0.15) is 31.9 Å². The standard InChI is InChI=1S/C18H23NO/c1-4-13-19-14(2)15-5-7-16(8-6-15)17-9-11-18(20-3)12-10-17/h5-12,14,19H,4,13H2,1-3H3. The van der Waals surface area contributed by atoms with Crippen molar-refractivity contribution < 1.29 is 4.74 Å².